The number of benzene rings is 2. The standard InChI is InChI=1S/C15H14BrNO2S/c16-9-12-5-7-15(8-6-12)20(18,19)17-10-13-3-1-2-4-14(13)11-17/h1-8H,9-11H2. The van der Waals surface area contributed by atoms with Gasteiger partial charge in [-0.15, -0.1) is 0 Å². The van der Waals surface area contributed by atoms with Crippen LogP contribution >= 0.6 is 15.9 Å². The van der Waals surface area contributed by atoms with E-state index in [1.807, 2.05) is 36.4 Å². The molecule has 2 aromatic rings. The molecule has 0 bridgehead atoms. The lowest BCUT2D eigenvalue weighted by Crippen LogP contribution is -2.25. The summed E-state index contributed by atoms with van der Waals surface area (Å²) in [7, 11) is -3.41. The third-order valence-corrected chi connectivity index (χ3v) is 5.98. The van der Waals surface area contributed by atoms with Crippen molar-refractivity contribution in [2.75, 3.05) is 0 Å². The number of nitrogens with zero attached hydrogens (tertiary/aromatic N) is 1. The second-order valence-electron chi connectivity index (χ2n) is 4.82. The van der Waals surface area contributed by atoms with Gasteiger partial charge in [0.25, 0.3) is 0 Å². The summed E-state index contributed by atoms with van der Waals surface area (Å²) < 4.78 is 26.8. The van der Waals surface area contributed by atoms with E-state index in [0.717, 1.165) is 22.0 Å². The van der Waals surface area contributed by atoms with Gasteiger partial charge >= 0.3 is 0 Å². The molecule has 0 aromatic heterocycles. The lowest BCUT2D eigenvalue weighted by molar-refractivity contribution is 0.431. The summed E-state index contributed by atoms with van der Waals surface area (Å²) in [6.07, 6.45) is 0. The summed E-state index contributed by atoms with van der Waals surface area (Å²) in [5, 5.41) is 0.725. The van der Waals surface area contributed by atoms with Gasteiger partial charge < -0.3 is 0 Å². The molecule has 0 amide bonds. The first-order valence-electron chi connectivity index (χ1n) is 6.33. The Balaban J connectivity index is 1.90. The first-order chi connectivity index (χ1) is 9.61. The van der Waals surface area contributed by atoms with Crippen LogP contribution in [0.15, 0.2) is 53.4 Å². The minimum absolute atomic E-state index is 0.356. The van der Waals surface area contributed by atoms with Crippen molar-refractivity contribution < 1.29 is 8.42 Å². The Hall–Kier alpha value is -1.17. The Bertz CT molecular complexity index is 701. The Morgan fingerprint density at radius 3 is 2.00 bits per heavy atom. The molecule has 0 N–H and O–H groups in total. The van der Waals surface area contributed by atoms with E-state index in [2.05, 4.69) is 15.9 Å². The highest BCUT2D eigenvalue weighted by Crippen LogP contribution is 2.28. The normalized spacial score (nSPS) is 15.2. The topological polar surface area (TPSA) is 37.4 Å². The van der Waals surface area contributed by atoms with Crippen molar-refractivity contribution in [1.82, 2.24) is 4.31 Å². The second kappa shape index (κ2) is 5.31. The predicted molar refractivity (Wildman–Crippen MR) is 81.9 cm³/mol. The Kier molecular flexibility index (Phi) is 3.67. The van der Waals surface area contributed by atoms with Crippen LogP contribution in [0.5, 0.6) is 0 Å². The highest BCUT2D eigenvalue weighted by molar-refractivity contribution is 9.08. The molecule has 104 valence electrons. The van der Waals surface area contributed by atoms with Crippen molar-refractivity contribution in [3.63, 3.8) is 0 Å². The molecule has 1 aliphatic rings. The molecule has 1 heterocycles. The molecule has 0 aliphatic carbocycles. The fraction of sp³-hybridized carbons (Fsp3) is 0.200. The lowest BCUT2D eigenvalue weighted by Gasteiger charge is -2.15. The van der Waals surface area contributed by atoms with Crippen molar-refractivity contribution in [1.29, 1.82) is 0 Å². The second-order valence-corrected chi connectivity index (χ2v) is 7.32. The van der Waals surface area contributed by atoms with Crippen molar-refractivity contribution in [3.05, 3.63) is 65.2 Å². The molecule has 1 aliphatic heterocycles. The van der Waals surface area contributed by atoms with Gasteiger partial charge in [-0.3, -0.25) is 0 Å². The third-order valence-electron chi connectivity index (χ3n) is 3.53. The molecule has 0 atom stereocenters. The van der Waals surface area contributed by atoms with Crippen LogP contribution in [0.3, 0.4) is 0 Å². The SMILES string of the molecule is O=S(=O)(c1ccc(CBr)cc1)N1Cc2ccccc2C1. The highest BCUT2D eigenvalue weighted by atomic mass is 79.9. The van der Waals surface area contributed by atoms with E-state index < -0.39 is 10.0 Å². The van der Waals surface area contributed by atoms with Gasteiger partial charge in [-0.1, -0.05) is 52.3 Å². The zero-order valence-corrected chi connectivity index (χ0v) is 13.2. The van der Waals surface area contributed by atoms with Crippen LogP contribution in [0, 0.1) is 0 Å². The van der Waals surface area contributed by atoms with Gasteiger partial charge in [-0.2, -0.15) is 4.31 Å². The fourth-order valence-corrected chi connectivity index (χ4v) is 4.14. The van der Waals surface area contributed by atoms with Gasteiger partial charge in [0.05, 0.1) is 4.90 Å². The molecule has 5 heteroatoms. The van der Waals surface area contributed by atoms with Gasteiger partial charge in [-0.05, 0) is 28.8 Å². The molecule has 3 nitrogen and oxygen atoms in total. The molecule has 0 saturated carbocycles. The third kappa shape index (κ3) is 2.41. The van der Waals surface area contributed by atoms with E-state index >= 15 is 0 Å². The minimum atomic E-state index is -3.41. The number of rotatable bonds is 3. The molecule has 0 spiro atoms. The molecule has 2 aromatic carbocycles. The van der Waals surface area contributed by atoms with Crippen LogP contribution in [0.25, 0.3) is 0 Å². The predicted octanol–water partition coefficient (Wildman–Crippen LogP) is 3.29. The molecule has 0 fully saturated rings. The maximum absolute atomic E-state index is 12.6. The first kappa shape index (κ1) is 13.8. The Morgan fingerprint density at radius 1 is 0.950 bits per heavy atom. The first-order valence-corrected chi connectivity index (χ1v) is 8.89. The summed E-state index contributed by atoms with van der Waals surface area (Å²) in [5.74, 6) is 0. The quantitative estimate of drug-likeness (QED) is 0.795. The fourth-order valence-electron chi connectivity index (χ4n) is 2.37. The van der Waals surface area contributed by atoms with Crippen LogP contribution in [0.2, 0.25) is 0 Å². The van der Waals surface area contributed by atoms with Gasteiger partial charge in [0.2, 0.25) is 10.0 Å². The summed E-state index contributed by atoms with van der Waals surface area (Å²) in [5.41, 5.74) is 3.25. The van der Waals surface area contributed by atoms with Crippen LogP contribution in [0.4, 0.5) is 0 Å². The lowest BCUT2D eigenvalue weighted by atomic mass is 10.1. The van der Waals surface area contributed by atoms with E-state index in [1.165, 1.54) is 4.31 Å². The smallest absolute Gasteiger partial charge is 0.207 e. The van der Waals surface area contributed by atoms with Gasteiger partial charge in [0, 0.05) is 18.4 Å². The number of hydrogen-bond acceptors (Lipinski definition) is 2. The zero-order valence-electron chi connectivity index (χ0n) is 10.8. The van der Waals surface area contributed by atoms with E-state index in [1.54, 1.807) is 12.1 Å². The highest BCUT2D eigenvalue weighted by Gasteiger charge is 2.30. The molecular formula is C15H14BrNO2S. The van der Waals surface area contributed by atoms with E-state index in [0.29, 0.717) is 18.0 Å². The van der Waals surface area contributed by atoms with E-state index in [4.69, 9.17) is 0 Å². The molecular weight excluding hydrogens is 338 g/mol. The molecule has 3 rings (SSSR count). The summed E-state index contributed by atoms with van der Waals surface area (Å²) in [6, 6.07) is 14.9. The van der Waals surface area contributed by atoms with Crippen molar-refractivity contribution >= 4 is 26.0 Å². The van der Waals surface area contributed by atoms with Crippen LogP contribution in [-0.4, -0.2) is 12.7 Å². The van der Waals surface area contributed by atoms with E-state index in [-0.39, 0.29) is 0 Å². The maximum atomic E-state index is 12.6. The Morgan fingerprint density at radius 2 is 1.50 bits per heavy atom. The monoisotopic (exact) mass is 351 g/mol. The average molecular weight is 352 g/mol. The maximum Gasteiger partial charge on any atom is 0.243 e. The van der Waals surface area contributed by atoms with Crippen molar-refractivity contribution in [3.8, 4) is 0 Å². The van der Waals surface area contributed by atoms with Crippen LogP contribution in [0.1, 0.15) is 16.7 Å². The Labute approximate surface area is 127 Å². The largest absolute Gasteiger partial charge is 0.243 e. The average Bonchev–Trinajstić information content (AvgIpc) is 2.92. The van der Waals surface area contributed by atoms with Crippen molar-refractivity contribution in [2.24, 2.45) is 0 Å². The number of sulfonamides is 1. The summed E-state index contributed by atoms with van der Waals surface area (Å²) in [4.78, 5) is 0.356. The van der Waals surface area contributed by atoms with E-state index in [9.17, 15) is 8.42 Å². The van der Waals surface area contributed by atoms with Gasteiger partial charge in [0.15, 0.2) is 0 Å². The number of alkyl halides is 1. The summed E-state index contributed by atoms with van der Waals surface area (Å²) in [6.45, 7) is 0.914. The van der Waals surface area contributed by atoms with Crippen LogP contribution in [-0.2, 0) is 28.4 Å². The minimum Gasteiger partial charge on any atom is -0.207 e. The molecule has 0 unspecified atom stereocenters. The zero-order chi connectivity index (χ0) is 14.2. The van der Waals surface area contributed by atoms with Gasteiger partial charge in [0.1, 0.15) is 0 Å². The summed E-state index contributed by atoms with van der Waals surface area (Å²) >= 11 is 3.36. The molecule has 0 radical (unpaired) electrons. The van der Waals surface area contributed by atoms with Crippen LogP contribution < -0.4 is 0 Å². The van der Waals surface area contributed by atoms with Gasteiger partial charge in [-0.25, -0.2) is 8.42 Å². The number of hydrogen-bond donors (Lipinski definition) is 0. The number of halogens is 1. The molecule has 20 heavy (non-hydrogen) atoms. The molecule has 0 saturated heterocycles. The number of fused-ring (bicyclic) bond motifs is 1. The van der Waals surface area contributed by atoms with Crippen molar-refractivity contribution in [2.45, 2.75) is 23.3 Å².